The lowest BCUT2D eigenvalue weighted by molar-refractivity contribution is -0.138. The number of imide groups is 2. The third-order valence-corrected chi connectivity index (χ3v) is 4.27. The number of halogens is 3. The van der Waals surface area contributed by atoms with E-state index in [2.05, 4.69) is 9.73 Å². The molecule has 2 aromatic carbocycles. The van der Waals surface area contributed by atoms with E-state index in [0.717, 1.165) is 24.4 Å². The Balaban J connectivity index is 1.90. The van der Waals surface area contributed by atoms with E-state index in [-0.39, 0.29) is 16.9 Å². The van der Waals surface area contributed by atoms with Gasteiger partial charge >= 0.3 is 18.2 Å². The Morgan fingerprint density at radius 3 is 2.52 bits per heavy atom. The molecule has 1 heterocycles. The normalized spacial score (nSPS) is 17.1. The number of hydrogen-bond donors (Lipinski definition) is 1. The van der Waals surface area contributed by atoms with E-state index in [1.807, 2.05) is 5.32 Å². The molecule has 0 unspecified atom stereocenters. The minimum absolute atomic E-state index is 0.178. The van der Waals surface area contributed by atoms with Gasteiger partial charge in [0.25, 0.3) is 5.91 Å². The highest BCUT2D eigenvalue weighted by molar-refractivity contribution is 6.32. The molecular formula is C20H14F3N3O5. The van der Waals surface area contributed by atoms with E-state index in [9.17, 15) is 32.3 Å². The quantitative estimate of drug-likeness (QED) is 0.453. The first-order chi connectivity index (χ1) is 14.6. The highest BCUT2D eigenvalue weighted by Crippen LogP contribution is 2.32. The van der Waals surface area contributed by atoms with Crippen LogP contribution in [0.1, 0.15) is 15.9 Å². The lowest BCUT2D eigenvalue weighted by atomic mass is 10.0. The molecule has 0 radical (unpaired) electrons. The van der Waals surface area contributed by atoms with Crippen LogP contribution in [0, 0.1) is 5.92 Å². The van der Waals surface area contributed by atoms with E-state index in [0.29, 0.717) is 11.0 Å². The number of nitrogens with one attached hydrogen (secondary N) is 1. The summed E-state index contributed by atoms with van der Waals surface area (Å²) in [4.78, 5) is 53.1. The molecule has 11 heteroatoms. The Kier molecular flexibility index (Phi) is 5.86. The highest BCUT2D eigenvalue weighted by atomic mass is 19.4. The molecule has 2 aromatic rings. The smallest absolute Gasteiger partial charge is 0.416 e. The standard InChI is InChI=1S/C20H14F3N3O5/c1-31-18(29)11-4-2-6-13(8-11)24-10-15-16(27)25-19(30)26(17(15)28)14-7-3-5-12(9-14)20(21,22)23/h2-10,15H,1H3,(H,25,27,30)/t15-/m0/s1. The first-order valence-corrected chi connectivity index (χ1v) is 8.70. The number of ether oxygens (including phenoxy) is 1. The molecule has 1 aliphatic heterocycles. The summed E-state index contributed by atoms with van der Waals surface area (Å²) >= 11 is 0. The highest BCUT2D eigenvalue weighted by Gasteiger charge is 2.41. The molecule has 0 saturated carbocycles. The number of carbonyl (C=O) groups is 4. The van der Waals surface area contributed by atoms with E-state index >= 15 is 0 Å². The Labute approximate surface area is 173 Å². The average molecular weight is 433 g/mol. The molecule has 1 aliphatic rings. The van der Waals surface area contributed by atoms with Gasteiger partial charge in [-0.2, -0.15) is 13.2 Å². The van der Waals surface area contributed by atoms with Crippen molar-refractivity contribution in [1.82, 2.24) is 5.32 Å². The van der Waals surface area contributed by atoms with Gasteiger partial charge in [0, 0.05) is 6.21 Å². The fourth-order valence-electron chi connectivity index (χ4n) is 2.78. The Bertz CT molecular complexity index is 1100. The van der Waals surface area contributed by atoms with Crippen LogP contribution < -0.4 is 10.2 Å². The van der Waals surface area contributed by atoms with Gasteiger partial charge < -0.3 is 4.74 Å². The topological polar surface area (TPSA) is 105 Å². The predicted octanol–water partition coefficient (Wildman–Crippen LogP) is 3.09. The lowest BCUT2D eigenvalue weighted by Crippen LogP contribution is -2.58. The number of barbiturate groups is 1. The van der Waals surface area contributed by atoms with Gasteiger partial charge in [0.1, 0.15) is 0 Å². The number of rotatable bonds is 4. The van der Waals surface area contributed by atoms with Crippen molar-refractivity contribution in [3.05, 3.63) is 59.7 Å². The van der Waals surface area contributed by atoms with Crippen LogP contribution in [0.25, 0.3) is 0 Å². The number of methoxy groups -OCH3 is 1. The van der Waals surface area contributed by atoms with Gasteiger partial charge in [0.15, 0.2) is 5.92 Å². The minimum Gasteiger partial charge on any atom is -0.465 e. The summed E-state index contributed by atoms with van der Waals surface area (Å²) < 4.78 is 43.5. The van der Waals surface area contributed by atoms with E-state index < -0.39 is 41.5 Å². The number of amides is 4. The number of anilines is 1. The summed E-state index contributed by atoms with van der Waals surface area (Å²) in [7, 11) is 1.20. The Morgan fingerprint density at radius 1 is 1.13 bits per heavy atom. The van der Waals surface area contributed by atoms with E-state index in [1.54, 1.807) is 0 Å². The fourth-order valence-corrected chi connectivity index (χ4v) is 2.78. The van der Waals surface area contributed by atoms with Crippen molar-refractivity contribution in [2.75, 3.05) is 12.0 Å². The summed E-state index contributed by atoms with van der Waals surface area (Å²) in [5.74, 6) is -4.24. The van der Waals surface area contributed by atoms with Gasteiger partial charge in [-0.15, -0.1) is 0 Å². The number of carbonyl (C=O) groups excluding carboxylic acids is 4. The van der Waals surface area contributed by atoms with Crippen molar-refractivity contribution < 1.29 is 37.1 Å². The number of urea groups is 1. The fraction of sp³-hybridized carbons (Fsp3) is 0.150. The SMILES string of the molecule is COC(=O)c1cccc(N=C[C@H]2C(=O)NC(=O)N(c3cccc(C(F)(F)F)c3)C2=O)c1. The molecule has 4 amide bonds. The molecule has 8 nitrogen and oxygen atoms in total. The van der Waals surface area contributed by atoms with Crippen LogP contribution in [0.4, 0.5) is 29.3 Å². The van der Waals surface area contributed by atoms with Crippen molar-refractivity contribution in [3.8, 4) is 0 Å². The summed E-state index contributed by atoms with van der Waals surface area (Å²) in [6.07, 6.45) is -3.74. The first kappa shape index (κ1) is 21.7. The molecule has 0 spiro atoms. The van der Waals surface area contributed by atoms with E-state index in [4.69, 9.17) is 0 Å². The Hall–Kier alpha value is -4.02. The zero-order valence-electron chi connectivity index (χ0n) is 15.8. The number of esters is 1. The number of aliphatic imine (C=N–C) groups is 1. The van der Waals surface area contributed by atoms with Crippen LogP contribution in [0.3, 0.4) is 0 Å². The van der Waals surface area contributed by atoms with Crippen LogP contribution in [-0.4, -0.2) is 37.1 Å². The second kappa shape index (κ2) is 8.38. The van der Waals surface area contributed by atoms with Crippen LogP contribution in [0.15, 0.2) is 53.5 Å². The van der Waals surface area contributed by atoms with Crippen molar-refractivity contribution in [2.45, 2.75) is 6.18 Å². The van der Waals surface area contributed by atoms with Gasteiger partial charge in [-0.1, -0.05) is 12.1 Å². The van der Waals surface area contributed by atoms with Crippen LogP contribution in [0.5, 0.6) is 0 Å². The van der Waals surface area contributed by atoms with Crippen molar-refractivity contribution in [1.29, 1.82) is 0 Å². The summed E-state index contributed by atoms with van der Waals surface area (Å²) in [5, 5.41) is 1.92. The van der Waals surface area contributed by atoms with E-state index in [1.165, 1.54) is 31.4 Å². The maximum Gasteiger partial charge on any atom is 0.416 e. The van der Waals surface area contributed by atoms with Crippen molar-refractivity contribution in [2.24, 2.45) is 10.9 Å². The van der Waals surface area contributed by atoms with Crippen molar-refractivity contribution >= 4 is 41.4 Å². The number of alkyl halides is 3. The van der Waals surface area contributed by atoms with Crippen LogP contribution >= 0.6 is 0 Å². The average Bonchev–Trinajstić information content (AvgIpc) is 2.72. The molecule has 1 N–H and O–H groups in total. The number of benzene rings is 2. The third-order valence-electron chi connectivity index (χ3n) is 4.27. The molecule has 1 saturated heterocycles. The van der Waals surface area contributed by atoms with Gasteiger partial charge in [0.2, 0.25) is 5.91 Å². The predicted molar refractivity (Wildman–Crippen MR) is 102 cm³/mol. The van der Waals surface area contributed by atoms with Gasteiger partial charge in [-0.05, 0) is 36.4 Å². The lowest BCUT2D eigenvalue weighted by Gasteiger charge is -2.28. The summed E-state index contributed by atoms with van der Waals surface area (Å²) in [6.45, 7) is 0. The zero-order valence-corrected chi connectivity index (χ0v) is 15.8. The molecule has 1 atom stereocenters. The summed E-state index contributed by atoms with van der Waals surface area (Å²) in [5.41, 5.74) is -1.02. The second-order valence-corrected chi connectivity index (χ2v) is 6.31. The van der Waals surface area contributed by atoms with Gasteiger partial charge in [0.05, 0.1) is 29.6 Å². The zero-order chi connectivity index (χ0) is 22.8. The molecule has 0 aromatic heterocycles. The molecular weight excluding hydrogens is 419 g/mol. The minimum atomic E-state index is -4.69. The number of hydrogen-bond acceptors (Lipinski definition) is 6. The largest absolute Gasteiger partial charge is 0.465 e. The Morgan fingerprint density at radius 2 is 1.84 bits per heavy atom. The molecule has 0 bridgehead atoms. The number of nitrogens with zero attached hydrogens (tertiary/aromatic N) is 2. The van der Waals surface area contributed by atoms with Crippen LogP contribution in [0.2, 0.25) is 0 Å². The van der Waals surface area contributed by atoms with Gasteiger partial charge in [-0.3, -0.25) is 19.9 Å². The molecule has 1 fully saturated rings. The summed E-state index contributed by atoms with van der Waals surface area (Å²) in [6, 6.07) is 8.22. The monoisotopic (exact) mass is 433 g/mol. The maximum atomic E-state index is 13.0. The maximum absolute atomic E-state index is 13.0. The molecule has 0 aliphatic carbocycles. The van der Waals surface area contributed by atoms with Crippen molar-refractivity contribution in [3.63, 3.8) is 0 Å². The second-order valence-electron chi connectivity index (χ2n) is 6.31. The molecule has 3 rings (SSSR count). The molecule has 31 heavy (non-hydrogen) atoms. The third kappa shape index (κ3) is 4.60. The first-order valence-electron chi connectivity index (χ1n) is 8.70. The molecule has 160 valence electrons. The van der Waals surface area contributed by atoms with Crippen LogP contribution in [-0.2, 0) is 20.5 Å². The van der Waals surface area contributed by atoms with Gasteiger partial charge in [-0.25, -0.2) is 14.5 Å².